The summed E-state index contributed by atoms with van der Waals surface area (Å²) in [7, 11) is -3.74. The van der Waals surface area contributed by atoms with Gasteiger partial charge in [0.1, 0.15) is 5.82 Å². The average molecular weight is 887 g/mol. The summed E-state index contributed by atoms with van der Waals surface area (Å²) >= 11 is 1.39. The molecule has 1 atom stereocenters. The lowest BCUT2D eigenvalue weighted by atomic mass is 9.90. The molecule has 0 bridgehead atoms. The van der Waals surface area contributed by atoms with Crippen LogP contribution in [0.15, 0.2) is 48.8 Å². The number of nitrogens with zero attached hydrogens (tertiary/aromatic N) is 7. The second-order valence-corrected chi connectivity index (χ2v) is 19.4. The van der Waals surface area contributed by atoms with E-state index in [0.29, 0.717) is 113 Å². The van der Waals surface area contributed by atoms with E-state index < -0.39 is 15.8 Å². The summed E-state index contributed by atoms with van der Waals surface area (Å²) in [6.07, 6.45) is 8.39. The van der Waals surface area contributed by atoms with Crippen LogP contribution in [0.25, 0.3) is 21.8 Å². The van der Waals surface area contributed by atoms with Crippen molar-refractivity contribution in [1.29, 1.82) is 0 Å². The number of halogens is 1. The fourth-order valence-corrected chi connectivity index (χ4v) is 11.4. The standard InChI is InChI=1S/C43H51FN10O6S2/c1-2-24-62(59,60)51-32-5-3-4-31(36(32)44)37-38(33-10-17-46-43(45)48-33)61-40(50-37)26-11-20-53(21-12-26)42(58)28-15-22-54(23-16-28)41(57)27-13-18-52(19-14-27)34-8-6-29(25-47-34)30-7-9-35(55)49-39(30)56/h3-6,8,10,17,25-28,30,51H,2,7,9,11-16,18-24H2,1H3,(H2,45,46,48)(H,49,55,56)/t30-/m1/s1. The van der Waals surface area contributed by atoms with Crippen molar-refractivity contribution in [3.05, 3.63) is 65.2 Å². The Morgan fingerprint density at radius 3 is 2.19 bits per heavy atom. The first kappa shape index (κ1) is 43.1. The zero-order valence-electron chi connectivity index (χ0n) is 34.6. The lowest BCUT2D eigenvalue weighted by Gasteiger charge is -2.39. The van der Waals surface area contributed by atoms with Crippen LogP contribution in [0.5, 0.6) is 0 Å². The van der Waals surface area contributed by atoms with Crippen LogP contribution in [-0.2, 0) is 29.2 Å². The van der Waals surface area contributed by atoms with Gasteiger partial charge in [-0.15, -0.1) is 11.3 Å². The molecule has 0 unspecified atom stereocenters. The first-order chi connectivity index (χ1) is 29.9. The Morgan fingerprint density at radius 1 is 0.887 bits per heavy atom. The second-order valence-electron chi connectivity index (χ2n) is 16.5. The van der Waals surface area contributed by atoms with E-state index in [4.69, 9.17) is 10.7 Å². The van der Waals surface area contributed by atoms with Crippen molar-refractivity contribution in [1.82, 2.24) is 35.1 Å². The Kier molecular flexibility index (Phi) is 12.8. The van der Waals surface area contributed by atoms with Gasteiger partial charge in [0.2, 0.25) is 39.6 Å². The number of carbonyl (C=O) groups is 4. The molecule has 4 aliphatic rings. The fourth-order valence-electron chi connectivity index (χ4n) is 9.02. The van der Waals surface area contributed by atoms with Crippen molar-refractivity contribution in [2.75, 3.05) is 60.4 Å². The normalized spacial score (nSPS) is 19.7. The summed E-state index contributed by atoms with van der Waals surface area (Å²) in [5.41, 5.74) is 7.50. The number of imide groups is 1. The molecule has 19 heteroatoms. The second kappa shape index (κ2) is 18.4. The van der Waals surface area contributed by atoms with Crippen LogP contribution in [-0.4, -0.2) is 107 Å². The first-order valence-corrected chi connectivity index (χ1v) is 23.9. The molecule has 0 aliphatic carbocycles. The molecule has 328 valence electrons. The number of amides is 4. The number of likely N-dealkylation sites (tertiary alicyclic amines) is 2. The molecule has 4 aliphatic heterocycles. The summed E-state index contributed by atoms with van der Waals surface area (Å²) in [5, 5.41) is 3.17. The van der Waals surface area contributed by atoms with Crippen LogP contribution in [0.1, 0.15) is 87.1 Å². The van der Waals surface area contributed by atoms with Crippen molar-refractivity contribution in [2.45, 2.75) is 76.5 Å². The van der Waals surface area contributed by atoms with Crippen molar-refractivity contribution >= 4 is 62.4 Å². The van der Waals surface area contributed by atoms with Gasteiger partial charge in [0.15, 0.2) is 5.82 Å². The van der Waals surface area contributed by atoms with Crippen molar-refractivity contribution in [2.24, 2.45) is 11.8 Å². The third-order valence-corrected chi connectivity index (χ3v) is 15.2. The monoisotopic (exact) mass is 886 g/mol. The van der Waals surface area contributed by atoms with Gasteiger partial charge in [0.25, 0.3) is 0 Å². The van der Waals surface area contributed by atoms with Crippen molar-refractivity contribution in [3.63, 3.8) is 0 Å². The molecule has 4 aromatic rings. The van der Waals surface area contributed by atoms with E-state index in [1.807, 2.05) is 21.9 Å². The van der Waals surface area contributed by atoms with Crippen LogP contribution in [0.3, 0.4) is 0 Å². The highest BCUT2D eigenvalue weighted by atomic mass is 32.2. The number of carbonyl (C=O) groups excluding carboxylic acids is 4. The molecule has 8 rings (SSSR count). The van der Waals surface area contributed by atoms with Crippen molar-refractivity contribution < 1.29 is 32.0 Å². The number of rotatable bonds is 11. The van der Waals surface area contributed by atoms with Gasteiger partial charge in [-0.05, 0) is 81.2 Å². The van der Waals surface area contributed by atoms with Crippen LogP contribution in [0, 0.1) is 17.7 Å². The van der Waals surface area contributed by atoms with E-state index in [0.717, 1.165) is 16.4 Å². The number of hydrogen-bond donors (Lipinski definition) is 3. The van der Waals surface area contributed by atoms with Gasteiger partial charge in [0.05, 0.1) is 38.6 Å². The van der Waals surface area contributed by atoms with E-state index in [1.165, 1.54) is 23.6 Å². The molecule has 62 heavy (non-hydrogen) atoms. The molecular weight excluding hydrogens is 836 g/mol. The zero-order valence-corrected chi connectivity index (χ0v) is 36.2. The Morgan fingerprint density at radius 2 is 1.56 bits per heavy atom. The molecule has 0 spiro atoms. The lowest BCUT2D eigenvalue weighted by Crippen LogP contribution is -2.48. The lowest BCUT2D eigenvalue weighted by molar-refractivity contribution is -0.143. The number of nitrogens with one attached hydrogen (secondary N) is 2. The fraction of sp³-hybridized carbons (Fsp3) is 0.488. The minimum Gasteiger partial charge on any atom is -0.368 e. The van der Waals surface area contributed by atoms with Crippen LogP contribution < -0.4 is 20.7 Å². The molecule has 4 saturated heterocycles. The molecule has 0 radical (unpaired) electrons. The van der Waals surface area contributed by atoms with Gasteiger partial charge in [-0.25, -0.2) is 32.7 Å². The Hall–Kier alpha value is -5.56. The summed E-state index contributed by atoms with van der Waals surface area (Å²) in [4.78, 5) is 75.8. The smallest absolute Gasteiger partial charge is 0.234 e. The van der Waals surface area contributed by atoms with Crippen molar-refractivity contribution in [3.8, 4) is 21.8 Å². The molecule has 7 heterocycles. The van der Waals surface area contributed by atoms with Gasteiger partial charge >= 0.3 is 0 Å². The van der Waals surface area contributed by atoms with E-state index >= 15 is 4.39 Å². The number of sulfonamides is 1. The number of benzene rings is 1. The maximum Gasteiger partial charge on any atom is 0.234 e. The number of hydrogen-bond acceptors (Lipinski definition) is 13. The van der Waals surface area contributed by atoms with E-state index in [9.17, 15) is 27.6 Å². The molecule has 3 aromatic heterocycles. The maximum absolute atomic E-state index is 16.1. The summed E-state index contributed by atoms with van der Waals surface area (Å²) < 4.78 is 43.5. The molecule has 0 saturated carbocycles. The Labute approximate surface area is 364 Å². The number of thiazole rings is 1. The van der Waals surface area contributed by atoms with E-state index in [1.54, 1.807) is 31.3 Å². The molecule has 1 aromatic carbocycles. The highest BCUT2D eigenvalue weighted by Crippen LogP contribution is 2.43. The molecule has 16 nitrogen and oxygen atoms in total. The van der Waals surface area contributed by atoms with E-state index in [2.05, 4.69) is 29.9 Å². The highest BCUT2D eigenvalue weighted by Gasteiger charge is 2.36. The number of piperidine rings is 4. The SMILES string of the molecule is CCCS(=O)(=O)Nc1cccc(-c2nc(C3CCN(C(=O)C4CCN(C(=O)C5CCN(c6ccc([C@H]7CCC(=O)NC7=O)cn6)CC5)CC4)CC3)sc2-c2ccnc(N)n2)c1F. The Bertz CT molecular complexity index is 2430. The Balaban J connectivity index is 0.844. The first-order valence-electron chi connectivity index (χ1n) is 21.4. The predicted octanol–water partition coefficient (Wildman–Crippen LogP) is 4.92. The van der Waals surface area contributed by atoms with Gasteiger partial charge in [-0.2, -0.15) is 0 Å². The van der Waals surface area contributed by atoms with Gasteiger partial charge < -0.3 is 20.4 Å². The van der Waals surface area contributed by atoms with Crippen LogP contribution in [0.2, 0.25) is 0 Å². The molecular formula is C43H51FN10O6S2. The molecule has 4 amide bonds. The average Bonchev–Trinajstić information content (AvgIpc) is 3.72. The summed E-state index contributed by atoms with van der Waals surface area (Å²) in [6, 6.07) is 10.0. The number of aromatic nitrogens is 4. The van der Waals surface area contributed by atoms with Crippen LogP contribution >= 0.6 is 11.3 Å². The molecule has 4 N–H and O–H groups in total. The number of nitrogen functional groups attached to an aromatic ring is 1. The van der Waals surface area contributed by atoms with Gasteiger partial charge in [0, 0.05) is 81.4 Å². The number of nitrogens with two attached hydrogens (primary N) is 1. The minimum atomic E-state index is -3.74. The maximum atomic E-state index is 16.1. The quantitative estimate of drug-likeness (QED) is 0.171. The van der Waals surface area contributed by atoms with Gasteiger partial charge in [-0.1, -0.05) is 19.1 Å². The predicted molar refractivity (Wildman–Crippen MR) is 233 cm³/mol. The van der Waals surface area contributed by atoms with Crippen LogP contribution in [0.4, 0.5) is 21.8 Å². The zero-order chi connectivity index (χ0) is 43.5. The minimum absolute atomic E-state index is 0.00361. The number of anilines is 3. The van der Waals surface area contributed by atoms with E-state index in [-0.39, 0.29) is 70.3 Å². The summed E-state index contributed by atoms with van der Waals surface area (Å²) in [5.74, 6) is -0.906. The largest absolute Gasteiger partial charge is 0.368 e. The summed E-state index contributed by atoms with van der Waals surface area (Å²) in [6.45, 7) is 5.30. The third kappa shape index (κ3) is 9.42. The highest BCUT2D eigenvalue weighted by molar-refractivity contribution is 7.92. The number of pyridine rings is 1. The topological polar surface area (TPSA) is 214 Å². The van der Waals surface area contributed by atoms with Gasteiger partial charge in [-0.3, -0.25) is 29.2 Å². The third-order valence-electron chi connectivity index (χ3n) is 12.4. The molecule has 4 fully saturated rings.